The van der Waals surface area contributed by atoms with Gasteiger partial charge in [-0.05, 0) is 17.2 Å². The first-order valence-corrected chi connectivity index (χ1v) is 7.17. The molecule has 2 aromatic carbocycles. The van der Waals surface area contributed by atoms with E-state index in [2.05, 4.69) is 41.0 Å². The normalized spacial score (nSPS) is 10.5. The van der Waals surface area contributed by atoms with Gasteiger partial charge in [0.1, 0.15) is 5.92 Å². The van der Waals surface area contributed by atoms with Crippen LogP contribution in [0.1, 0.15) is 5.56 Å². The number of hydrogen-bond donors (Lipinski definition) is 0. The van der Waals surface area contributed by atoms with Gasteiger partial charge in [-0.2, -0.15) is 10.5 Å². The van der Waals surface area contributed by atoms with Crippen LogP contribution in [-0.2, 0) is 13.5 Å². The van der Waals surface area contributed by atoms with Crippen molar-refractivity contribution in [3.63, 3.8) is 0 Å². The van der Waals surface area contributed by atoms with Crippen LogP contribution in [-0.4, -0.2) is 4.57 Å². The summed E-state index contributed by atoms with van der Waals surface area (Å²) in [5, 5.41) is 19.4. The lowest BCUT2D eigenvalue weighted by atomic mass is 9.96. The summed E-state index contributed by atoms with van der Waals surface area (Å²) in [6, 6.07) is 22.4. The number of fused-ring (bicyclic) bond motifs is 1. The zero-order valence-electron chi connectivity index (χ0n) is 12.3. The van der Waals surface area contributed by atoms with Gasteiger partial charge < -0.3 is 4.57 Å². The van der Waals surface area contributed by atoms with Crippen molar-refractivity contribution >= 4 is 10.9 Å². The number of rotatable bonds is 3. The average Bonchev–Trinajstić information content (AvgIpc) is 2.86. The van der Waals surface area contributed by atoms with Crippen molar-refractivity contribution < 1.29 is 0 Å². The highest BCUT2D eigenvalue weighted by Gasteiger charge is 2.19. The molecule has 0 unspecified atom stereocenters. The number of para-hydroxylation sites is 1. The summed E-state index contributed by atoms with van der Waals surface area (Å²) in [6.07, 6.45) is 0.443. The van der Waals surface area contributed by atoms with Crippen molar-refractivity contribution in [3.05, 3.63) is 60.2 Å². The highest BCUT2D eigenvalue weighted by atomic mass is 14.9. The number of aromatic nitrogens is 1. The molecule has 0 N–H and O–H groups in total. The van der Waals surface area contributed by atoms with E-state index in [1.807, 2.05) is 37.4 Å². The standard InChI is InChI=1S/C19H15N3/c1-22-18-10-6-5-9-16(18)17(11-14(12-20)13-21)19(22)15-7-3-2-4-8-15/h2-10,14H,11H2,1H3. The first-order chi connectivity index (χ1) is 10.8. The fraction of sp³-hybridized carbons (Fsp3) is 0.158. The SMILES string of the molecule is Cn1c(-c2ccccc2)c(CC(C#N)C#N)c2ccccc21. The minimum atomic E-state index is -0.631. The Morgan fingerprint density at radius 2 is 1.59 bits per heavy atom. The van der Waals surface area contributed by atoms with Crippen molar-refractivity contribution in [1.82, 2.24) is 4.57 Å². The van der Waals surface area contributed by atoms with Gasteiger partial charge >= 0.3 is 0 Å². The summed E-state index contributed by atoms with van der Waals surface area (Å²) in [4.78, 5) is 0. The van der Waals surface area contributed by atoms with E-state index < -0.39 is 5.92 Å². The number of benzene rings is 2. The fourth-order valence-corrected chi connectivity index (χ4v) is 2.97. The van der Waals surface area contributed by atoms with Crippen LogP contribution in [0.2, 0.25) is 0 Å². The number of aryl methyl sites for hydroxylation is 1. The summed E-state index contributed by atoms with van der Waals surface area (Å²) in [7, 11) is 2.03. The Labute approximate surface area is 129 Å². The molecule has 0 aliphatic carbocycles. The molecule has 1 heterocycles. The second-order valence-corrected chi connectivity index (χ2v) is 5.28. The molecule has 1 aromatic heterocycles. The van der Waals surface area contributed by atoms with E-state index in [4.69, 9.17) is 10.5 Å². The van der Waals surface area contributed by atoms with E-state index >= 15 is 0 Å². The third-order valence-electron chi connectivity index (χ3n) is 3.98. The molecule has 22 heavy (non-hydrogen) atoms. The van der Waals surface area contributed by atoms with Crippen molar-refractivity contribution in [3.8, 4) is 23.4 Å². The van der Waals surface area contributed by atoms with Gasteiger partial charge in [-0.15, -0.1) is 0 Å². The topological polar surface area (TPSA) is 52.5 Å². The quantitative estimate of drug-likeness (QED) is 0.729. The van der Waals surface area contributed by atoms with Gasteiger partial charge in [0.2, 0.25) is 0 Å². The minimum Gasteiger partial charge on any atom is -0.343 e. The summed E-state index contributed by atoms with van der Waals surface area (Å²) < 4.78 is 2.14. The molecule has 0 bridgehead atoms. The monoisotopic (exact) mass is 285 g/mol. The second kappa shape index (κ2) is 5.76. The summed E-state index contributed by atoms with van der Waals surface area (Å²) >= 11 is 0. The lowest BCUT2D eigenvalue weighted by Crippen LogP contribution is -2.01. The second-order valence-electron chi connectivity index (χ2n) is 5.28. The third kappa shape index (κ3) is 2.24. The first kappa shape index (κ1) is 13.9. The Morgan fingerprint density at radius 1 is 0.955 bits per heavy atom. The number of nitriles is 2. The number of hydrogen-bond acceptors (Lipinski definition) is 2. The van der Waals surface area contributed by atoms with Crippen molar-refractivity contribution in [2.75, 3.05) is 0 Å². The van der Waals surface area contributed by atoms with Crippen molar-refractivity contribution in [2.45, 2.75) is 6.42 Å². The highest BCUT2D eigenvalue weighted by molar-refractivity contribution is 5.91. The molecule has 0 aliphatic rings. The van der Waals surface area contributed by atoms with Gasteiger partial charge in [0.05, 0.1) is 17.8 Å². The summed E-state index contributed by atoms with van der Waals surface area (Å²) in [5.74, 6) is -0.631. The zero-order chi connectivity index (χ0) is 15.5. The van der Waals surface area contributed by atoms with Crippen molar-refractivity contribution in [2.24, 2.45) is 13.0 Å². The van der Waals surface area contributed by atoms with Crippen LogP contribution in [0.25, 0.3) is 22.2 Å². The van der Waals surface area contributed by atoms with Crippen LogP contribution in [0.15, 0.2) is 54.6 Å². The Balaban J connectivity index is 2.29. The molecule has 0 amide bonds. The number of nitrogens with zero attached hydrogens (tertiary/aromatic N) is 3. The fourth-order valence-electron chi connectivity index (χ4n) is 2.97. The molecule has 3 aromatic rings. The lowest BCUT2D eigenvalue weighted by Gasteiger charge is -2.08. The minimum absolute atomic E-state index is 0.443. The maximum atomic E-state index is 9.15. The van der Waals surface area contributed by atoms with E-state index in [9.17, 15) is 0 Å². The smallest absolute Gasteiger partial charge is 0.137 e. The molecular weight excluding hydrogens is 270 g/mol. The van der Waals surface area contributed by atoms with E-state index in [0.717, 1.165) is 27.7 Å². The molecule has 3 rings (SSSR count). The first-order valence-electron chi connectivity index (χ1n) is 7.17. The van der Waals surface area contributed by atoms with Crippen molar-refractivity contribution in [1.29, 1.82) is 10.5 Å². The largest absolute Gasteiger partial charge is 0.343 e. The predicted octanol–water partition coefficient (Wildman–Crippen LogP) is 4.05. The molecule has 0 saturated heterocycles. The average molecular weight is 285 g/mol. The zero-order valence-corrected chi connectivity index (χ0v) is 12.3. The Bertz CT molecular complexity index is 878. The summed E-state index contributed by atoms with van der Waals surface area (Å²) in [5.41, 5.74) is 4.37. The third-order valence-corrected chi connectivity index (χ3v) is 3.98. The molecule has 3 nitrogen and oxygen atoms in total. The Kier molecular flexibility index (Phi) is 3.64. The van der Waals surface area contributed by atoms with Crippen LogP contribution in [0.4, 0.5) is 0 Å². The highest BCUT2D eigenvalue weighted by Crippen LogP contribution is 2.34. The molecule has 0 spiro atoms. The van der Waals surface area contributed by atoms with Crippen LogP contribution >= 0.6 is 0 Å². The maximum Gasteiger partial charge on any atom is 0.137 e. The molecule has 0 fully saturated rings. The van der Waals surface area contributed by atoms with Crippen LogP contribution in [0, 0.1) is 28.6 Å². The molecule has 3 heteroatoms. The molecular formula is C19H15N3. The molecule has 0 radical (unpaired) electrons. The lowest BCUT2D eigenvalue weighted by molar-refractivity contribution is 0.834. The van der Waals surface area contributed by atoms with Crippen LogP contribution in [0.5, 0.6) is 0 Å². The van der Waals surface area contributed by atoms with Crippen LogP contribution < -0.4 is 0 Å². The van der Waals surface area contributed by atoms with Gasteiger partial charge in [-0.3, -0.25) is 0 Å². The molecule has 0 aliphatic heterocycles. The molecule has 0 atom stereocenters. The Hall–Kier alpha value is -3.04. The predicted molar refractivity (Wildman–Crippen MR) is 86.8 cm³/mol. The van der Waals surface area contributed by atoms with Gasteiger partial charge in [0.25, 0.3) is 0 Å². The van der Waals surface area contributed by atoms with Gasteiger partial charge in [0.15, 0.2) is 0 Å². The van der Waals surface area contributed by atoms with Crippen LogP contribution in [0.3, 0.4) is 0 Å². The van der Waals surface area contributed by atoms with E-state index in [-0.39, 0.29) is 0 Å². The molecule has 0 saturated carbocycles. The molecule has 106 valence electrons. The van der Waals surface area contributed by atoms with E-state index in [1.54, 1.807) is 0 Å². The maximum absolute atomic E-state index is 9.15. The summed E-state index contributed by atoms with van der Waals surface area (Å²) in [6.45, 7) is 0. The van der Waals surface area contributed by atoms with Gasteiger partial charge in [0, 0.05) is 24.4 Å². The Morgan fingerprint density at radius 3 is 2.27 bits per heavy atom. The van der Waals surface area contributed by atoms with E-state index in [0.29, 0.717) is 6.42 Å². The van der Waals surface area contributed by atoms with Gasteiger partial charge in [-0.1, -0.05) is 48.5 Å². The van der Waals surface area contributed by atoms with E-state index in [1.165, 1.54) is 0 Å². The van der Waals surface area contributed by atoms with Gasteiger partial charge in [-0.25, -0.2) is 0 Å².